The number of aliphatic imine (C=N–C) groups is 1. The molecule has 0 saturated carbocycles. The Hall–Kier alpha value is -2.41. The number of hydrogen-bond donors (Lipinski definition) is 2. The summed E-state index contributed by atoms with van der Waals surface area (Å²) in [6, 6.07) is 8.68. The molecular weight excluding hydrogens is 338 g/mol. The maximum Gasteiger partial charge on any atom is 0.191 e. The van der Waals surface area contributed by atoms with Gasteiger partial charge < -0.3 is 10.6 Å². The second kappa shape index (κ2) is 9.50. The molecule has 1 fully saturated rings. The first-order valence-electron chi connectivity index (χ1n) is 9.72. The van der Waals surface area contributed by atoms with Gasteiger partial charge in [-0.3, -0.25) is 14.6 Å². The monoisotopic (exact) mass is 369 g/mol. The maximum absolute atomic E-state index is 4.31. The summed E-state index contributed by atoms with van der Waals surface area (Å²) in [6.07, 6.45) is 4.17. The van der Waals surface area contributed by atoms with E-state index in [1.165, 1.54) is 37.1 Å². The van der Waals surface area contributed by atoms with Crippen molar-refractivity contribution in [1.82, 2.24) is 30.3 Å². The van der Waals surface area contributed by atoms with Crippen LogP contribution >= 0.6 is 0 Å². The first-order valence-corrected chi connectivity index (χ1v) is 9.72. The van der Waals surface area contributed by atoms with Crippen molar-refractivity contribution < 1.29 is 0 Å². The van der Waals surface area contributed by atoms with Crippen molar-refractivity contribution in [3.05, 3.63) is 47.5 Å². The van der Waals surface area contributed by atoms with Gasteiger partial charge in [0, 0.05) is 27.2 Å². The van der Waals surface area contributed by atoms with Crippen LogP contribution in [-0.2, 0) is 26.7 Å². The normalized spacial score (nSPS) is 16.5. The van der Waals surface area contributed by atoms with E-state index in [0.29, 0.717) is 6.54 Å². The van der Waals surface area contributed by atoms with Crippen molar-refractivity contribution in [3.63, 3.8) is 0 Å². The third-order valence-corrected chi connectivity index (χ3v) is 5.28. The van der Waals surface area contributed by atoms with Crippen LogP contribution in [-0.4, -0.2) is 45.8 Å². The van der Waals surface area contributed by atoms with E-state index in [2.05, 4.69) is 61.8 Å². The Balaban J connectivity index is 1.54. The van der Waals surface area contributed by atoms with Crippen LogP contribution in [0.4, 0.5) is 0 Å². The molecule has 0 bridgehead atoms. The van der Waals surface area contributed by atoms with Gasteiger partial charge in [0.25, 0.3) is 0 Å². The van der Waals surface area contributed by atoms with Crippen LogP contribution in [0.15, 0.2) is 35.6 Å². The summed E-state index contributed by atoms with van der Waals surface area (Å²) >= 11 is 0. The fraction of sp³-hybridized carbons (Fsp3) is 0.550. The van der Waals surface area contributed by atoms with Crippen molar-refractivity contribution >= 4 is 5.96 Å². The number of aromatic nitrogens is 3. The Morgan fingerprint density at radius 1 is 1.15 bits per heavy atom. The summed E-state index contributed by atoms with van der Waals surface area (Å²) < 4.78 is 1.76. The topological polar surface area (TPSA) is 70.4 Å². The second-order valence-corrected chi connectivity index (χ2v) is 7.31. The van der Waals surface area contributed by atoms with Gasteiger partial charge in [-0.25, -0.2) is 4.98 Å². The predicted octanol–water partition coefficient (Wildman–Crippen LogP) is 1.91. The lowest BCUT2D eigenvalue weighted by Crippen LogP contribution is -2.37. The first-order chi connectivity index (χ1) is 13.2. The molecule has 3 rings (SSSR count). The molecular formula is C20H31N7. The highest BCUT2D eigenvalue weighted by Gasteiger charge is 2.16. The zero-order chi connectivity index (χ0) is 19.1. The third kappa shape index (κ3) is 5.53. The van der Waals surface area contributed by atoms with Gasteiger partial charge in [0.1, 0.15) is 12.2 Å². The number of benzene rings is 1. The fourth-order valence-corrected chi connectivity index (χ4v) is 3.39. The lowest BCUT2D eigenvalue weighted by atomic mass is 9.98. The molecule has 1 aliphatic heterocycles. The zero-order valence-corrected chi connectivity index (χ0v) is 16.6. The van der Waals surface area contributed by atoms with Crippen LogP contribution in [0.25, 0.3) is 0 Å². The number of rotatable bonds is 6. The summed E-state index contributed by atoms with van der Waals surface area (Å²) in [5.74, 6) is 2.50. The molecule has 146 valence electrons. The molecule has 2 heterocycles. The van der Waals surface area contributed by atoms with E-state index in [0.717, 1.165) is 30.8 Å². The largest absolute Gasteiger partial charge is 0.352 e. The summed E-state index contributed by atoms with van der Waals surface area (Å²) in [5, 5.41) is 10.8. The van der Waals surface area contributed by atoms with Crippen molar-refractivity contribution in [1.29, 1.82) is 0 Å². The van der Waals surface area contributed by atoms with E-state index in [1.54, 1.807) is 18.1 Å². The van der Waals surface area contributed by atoms with Crippen LogP contribution in [0.3, 0.4) is 0 Å². The van der Waals surface area contributed by atoms with E-state index >= 15 is 0 Å². The minimum Gasteiger partial charge on any atom is -0.352 e. The van der Waals surface area contributed by atoms with Gasteiger partial charge in [0.05, 0.1) is 6.54 Å². The number of guanidine groups is 1. The molecule has 2 aromatic rings. The predicted molar refractivity (Wildman–Crippen MR) is 108 cm³/mol. The Morgan fingerprint density at radius 2 is 1.85 bits per heavy atom. The number of likely N-dealkylation sites (tertiary alicyclic amines) is 1. The molecule has 0 unspecified atom stereocenters. The molecule has 0 amide bonds. The van der Waals surface area contributed by atoms with Gasteiger partial charge in [0.15, 0.2) is 5.96 Å². The number of nitrogens with zero attached hydrogens (tertiary/aromatic N) is 5. The molecule has 0 atom stereocenters. The van der Waals surface area contributed by atoms with Crippen LogP contribution in [0.1, 0.15) is 36.7 Å². The molecule has 1 aliphatic rings. The Kier molecular flexibility index (Phi) is 6.81. The molecule has 2 N–H and O–H groups in total. The molecule has 7 heteroatoms. The lowest BCUT2D eigenvalue weighted by Gasteiger charge is -2.30. The summed E-state index contributed by atoms with van der Waals surface area (Å²) in [5.41, 5.74) is 2.71. The fourth-order valence-electron chi connectivity index (χ4n) is 3.39. The van der Waals surface area contributed by atoms with E-state index in [-0.39, 0.29) is 0 Å². The number of nitrogens with one attached hydrogen (secondary N) is 2. The first kappa shape index (κ1) is 19.4. The molecule has 1 saturated heterocycles. The molecule has 0 radical (unpaired) electrons. The lowest BCUT2D eigenvalue weighted by molar-refractivity contribution is 0.185. The second-order valence-electron chi connectivity index (χ2n) is 7.31. The Bertz CT molecular complexity index is 744. The molecule has 1 aromatic heterocycles. The quantitative estimate of drug-likeness (QED) is 0.601. The van der Waals surface area contributed by atoms with Gasteiger partial charge in [-0.05, 0) is 43.0 Å². The Labute approximate surface area is 161 Å². The minimum atomic E-state index is 0.587. The van der Waals surface area contributed by atoms with Crippen molar-refractivity contribution in [2.45, 2.75) is 39.4 Å². The van der Waals surface area contributed by atoms with E-state index in [9.17, 15) is 0 Å². The van der Waals surface area contributed by atoms with E-state index in [1.807, 2.05) is 7.05 Å². The van der Waals surface area contributed by atoms with Gasteiger partial charge >= 0.3 is 0 Å². The van der Waals surface area contributed by atoms with Crippen molar-refractivity contribution in [2.24, 2.45) is 18.0 Å². The average molecular weight is 370 g/mol. The van der Waals surface area contributed by atoms with Crippen LogP contribution in [0.5, 0.6) is 0 Å². The highest BCUT2D eigenvalue weighted by molar-refractivity contribution is 5.79. The van der Waals surface area contributed by atoms with Gasteiger partial charge in [0.2, 0.25) is 0 Å². The van der Waals surface area contributed by atoms with Crippen molar-refractivity contribution in [3.8, 4) is 0 Å². The SMILES string of the molecule is CN=C(NCc1ccccc1CN1CCC(C)CC1)NCc1ncnn1C. The molecule has 1 aromatic carbocycles. The highest BCUT2D eigenvalue weighted by Crippen LogP contribution is 2.19. The van der Waals surface area contributed by atoms with Crippen LogP contribution in [0.2, 0.25) is 0 Å². The standard InChI is InChI=1S/C20H31N7/c1-16-8-10-27(11-9-16)14-18-7-5-4-6-17(18)12-22-20(21-2)23-13-19-24-15-25-26(19)3/h4-7,15-16H,8-14H2,1-3H3,(H2,21,22,23). The maximum atomic E-state index is 4.31. The smallest absolute Gasteiger partial charge is 0.191 e. The molecule has 27 heavy (non-hydrogen) atoms. The van der Waals surface area contributed by atoms with Crippen LogP contribution in [0, 0.1) is 5.92 Å². The summed E-state index contributed by atoms with van der Waals surface area (Å²) in [4.78, 5) is 11.1. The summed E-state index contributed by atoms with van der Waals surface area (Å²) in [7, 11) is 3.67. The van der Waals surface area contributed by atoms with Gasteiger partial charge in [-0.1, -0.05) is 31.2 Å². The molecule has 7 nitrogen and oxygen atoms in total. The number of piperidine rings is 1. The summed E-state index contributed by atoms with van der Waals surface area (Å²) in [6.45, 7) is 7.11. The molecule has 0 spiro atoms. The number of hydrogen-bond acceptors (Lipinski definition) is 4. The zero-order valence-electron chi connectivity index (χ0n) is 16.6. The van der Waals surface area contributed by atoms with E-state index in [4.69, 9.17) is 0 Å². The van der Waals surface area contributed by atoms with E-state index < -0.39 is 0 Å². The minimum absolute atomic E-state index is 0.587. The van der Waals surface area contributed by atoms with Crippen molar-refractivity contribution in [2.75, 3.05) is 20.1 Å². The molecule has 0 aliphatic carbocycles. The number of aryl methyl sites for hydroxylation is 1. The van der Waals surface area contributed by atoms with Crippen LogP contribution < -0.4 is 10.6 Å². The van der Waals surface area contributed by atoms with Gasteiger partial charge in [-0.2, -0.15) is 5.10 Å². The average Bonchev–Trinajstić information content (AvgIpc) is 3.10. The third-order valence-electron chi connectivity index (χ3n) is 5.28. The van der Waals surface area contributed by atoms with Gasteiger partial charge in [-0.15, -0.1) is 0 Å². The highest BCUT2D eigenvalue weighted by atomic mass is 15.3. The Morgan fingerprint density at radius 3 is 2.52 bits per heavy atom.